The molecule has 1 fully saturated rings. The molecule has 2 unspecified atom stereocenters. The first-order valence-electron chi connectivity index (χ1n) is 5.71. The number of hydrogen-bond acceptors (Lipinski definition) is 4. The maximum absolute atomic E-state index is 11.0. The number of nitro benzene ring substituents is 1. The molecular weight excluding hydrogens is 337 g/mol. The minimum absolute atomic E-state index is 0.152. The normalized spacial score (nSPS) is 24.7. The van der Waals surface area contributed by atoms with E-state index >= 15 is 0 Å². The van der Waals surface area contributed by atoms with Crippen molar-refractivity contribution in [2.24, 2.45) is 5.41 Å². The lowest BCUT2D eigenvalue weighted by Gasteiger charge is -2.48. The Kier molecular flexibility index (Phi) is 3.77. The first-order chi connectivity index (χ1) is 8.73. The van der Waals surface area contributed by atoms with Crippen molar-refractivity contribution in [2.45, 2.75) is 32.5 Å². The average Bonchev–Trinajstić information content (AvgIpc) is 2.30. The van der Waals surface area contributed by atoms with Crippen LogP contribution >= 0.6 is 27.5 Å². The maximum atomic E-state index is 11.0. The number of ether oxygens (including phenoxy) is 1. The summed E-state index contributed by atoms with van der Waals surface area (Å²) in [5.74, 6) is 0.152. The van der Waals surface area contributed by atoms with Crippen LogP contribution in [0.3, 0.4) is 0 Å². The molecule has 1 N–H and O–H groups in total. The molecule has 1 aliphatic carbocycles. The van der Waals surface area contributed by atoms with Crippen LogP contribution in [0.4, 0.5) is 5.69 Å². The van der Waals surface area contributed by atoms with Crippen LogP contribution in [-0.4, -0.2) is 22.2 Å². The predicted molar refractivity (Wildman–Crippen MR) is 74.6 cm³/mol. The lowest BCUT2D eigenvalue weighted by atomic mass is 9.66. The fraction of sp³-hybridized carbons (Fsp3) is 0.500. The molecule has 0 heterocycles. The highest BCUT2D eigenvalue weighted by atomic mass is 79.9. The third-order valence-electron chi connectivity index (χ3n) is 3.57. The van der Waals surface area contributed by atoms with Crippen LogP contribution in [0.2, 0.25) is 5.02 Å². The Morgan fingerprint density at radius 2 is 2.21 bits per heavy atom. The summed E-state index contributed by atoms with van der Waals surface area (Å²) in [5, 5.41) is 21.0. The van der Waals surface area contributed by atoms with E-state index in [2.05, 4.69) is 15.9 Å². The van der Waals surface area contributed by atoms with E-state index in [-0.39, 0.29) is 22.6 Å². The molecule has 7 heteroatoms. The third kappa shape index (κ3) is 2.57. The zero-order valence-electron chi connectivity index (χ0n) is 10.4. The molecule has 2 rings (SSSR count). The molecule has 1 aliphatic rings. The van der Waals surface area contributed by atoms with E-state index < -0.39 is 16.4 Å². The Hall–Kier alpha value is -0.850. The van der Waals surface area contributed by atoms with Crippen LogP contribution in [0.1, 0.15) is 20.3 Å². The topological polar surface area (TPSA) is 72.6 Å². The number of benzene rings is 1. The summed E-state index contributed by atoms with van der Waals surface area (Å²) >= 11 is 9.02. The number of nitrogens with zero attached hydrogens (tertiary/aromatic N) is 1. The number of aliphatic hydroxyl groups excluding tert-OH is 1. The SMILES string of the molecule is CC1(C)C(O)CC1Oc1c(Br)cc(Cl)cc1[N+](=O)[O-]. The smallest absolute Gasteiger partial charge is 0.313 e. The van der Waals surface area contributed by atoms with Gasteiger partial charge in [-0.3, -0.25) is 10.1 Å². The predicted octanol–water partition coefficient (Wildman–Crippen LogP) is 3.55. The Bertz CT molecular complexity index is 535. The lowest BCUT2D eigenvalue weighted by molar-refractivity contribution is -0.386. The molecule has 0 aromatic heterocycles. The molecule has 19 heavy (non-hydrogen) atoms. The number of hydrogen-bond donors (Lipinski definition) is 1. The van der Waals surface area contributed by atoms with Gasteiger partial charge in [-0.1, -0.05) is 25.4 Å². The van der Waals surface area contributed by atoms with Crippen molar-refractivity contribution in [2.75, 3.05) is 0 Å². The Labute approximate surface area is 123 Å². The zero-order valence-corrected chi connectivity index (χ0v) is 12.7. The van der Waals surface area contributed by atoms with Crippen LogP contribution in [0.5, 0.6) is 5.75 Å². The summed E-state index contributed by atoms with van der Waals surface area (Å²) in [6.45, 7) is 3.73. The van der Waals surface area contributed by atoms with Gasteiger partial charge in [0.1, 0.15) is 6.10 Å². The second-order valence-corrected chi connectivity index (χ2v) is 6.46. The molecule has 1 aromatic rings. The molecule has 0 radical (unpaired) electrons. The first kappa shape index (κ1) is 14.6. The minimum Gasteiger partial charge on any atom is -0.482 e. The second-order valence-electron chi connectivity index (χ2n) is 5.17. The summed E-state index contributed by atoms with van der Waals surface area (Å²) in [6, 6.07) is 2.80. The quantitative estimate of drug-likeness (QED) is 0.668. The second kappa shape index (κ2) is 4.92. The highest BCUT2D eigenvalue weighted by Gasteiger charge is 2.50. The average molecular weight is 351 g/mol. The van der Waals surface area contributed by atoms with Crippen molar-refractivity contribution in [3.63, 3.8) is 0 Å². The van der Waals surface area contributed by atoms with Gasteiger partial charge in [-0.15, -0.1) is 0 Å². The summed E-state index contributed by atoms with van der Waals surface area (Å²) in [6.07, 6.45) is -0.263. The number of nitro groups is 1. The van der Waals surface area contributed by atoms with E-state index in [1.54, 1.807) is 6.07 Å². The summed E-state index contributed by atoms with van der Waals surface area (Å²) in [5.41, 5.74) is -0.607. The van der Waals surface area contributed by atoms with Crippen LogP contribution in [-0.2, 0) is 0 Å². The van der Waals surface area contributed by atoms with Gasteiger partial charge in [-0.05, 0) is 22.0 Å². The van der Waals surface area contributed by atoms with Gasteiger partial charge in [0, 0.05) is 22.9 Å². The van der Waals surface area contributed by atoms with Gasteiger partial charge in [0.25, 0.3) is 0 Å². The van der Waals surface area contributed by atoms with Crippen molar-refractivity contribution < 1.29 is 14.8 Å². The lowest BCUT2D eigenvalue weighted by Crippen LogP contribution is -2.56. The summed E-state index contributed by atoms with van der Waals surface area (Å²) in [4.78, 5) is 10.5. The molecule has 1 aromatic carbocycles. The third-order valence-corrected chi connectivity index (χ3v) is 4.38. The van der Waals surface area contributed by atoms with Gasteiger partial charge >= 0.3 is 5.69 Å². The molecule has 1 saturated carbocycles. The van der Waals surface area contributed by atoms with Gasteiger partial charge in [0.15, 0.2) is 0 Å². The van der Waals surface area contributed by atoms with Gasteiger partial charge in [0.05, 0.1) is 15.5 Å². The first-order valence-corrected chi connectivity index (χ1v) is 6.88. The van der Waals surface area contributed by atoms with Gasteiger partial charge < -0.3 is 9.84 Å². The fourth-order valence-corrected chi connectivity index (χ4v) is 2.89. The van der Waals surface area contributed by atoms with Crippen molar-refractivity contribution in [1.82, 2.24) is 0 Å². The van der Waals surface area contributed by atoms with Crippen molar-refractivity contribution >= 4 is 33.2 Å². The van der Waals surface area contributed by atoms with Crippen LogP contribution in [0.25, 0.3) is 0 Å². The molecule has 2 atom stereocenters. The van der Waals surface area contributed by atoms with E-state index in [0.29, 0.717) is 10.9 Å². The molecule has 5 nitrogen and oxygen atoms in total. The molecule has 0 bridgehead atoms. The number of aliphatic hydroxyl groups is 1. The Morgan fingerprint density at radius 1 is 1.58 bits per heavy atom. The Balaban J connectivity index is 2.33. The molecule has 0 spiro atoms. The van der Waals surface area contributed by atoms with Crippen molar-refractivity contribution in [3.8, 4) is 5.75 Å². The monoisotopic (exact) mass is 349 g/mol. The summed E-state index contributed by atoms with van der Waals surface area (Å²) in [7, 11) is 0. The van der Waals surface area contributed by atoms with E-state index in [1.165, 1.54) is 6.07 Å². The largest absolute Gasteiger partial charge is 0.482 e. The molecule has 0 aliphatic heterocycles. The highest BCUT2D eigenvalue weighted by molar-refractivity contribution is 9.10. The number of rotatable bonds is 3. The van der Waals surface area contributed by atoms with Crippen LogP contribution in [0, 0.1) is 15.5 Å². The Morgan fingerprint density at radius 3 is 2.68 bits per heavy atom. The highest BCUT2D eigenvalue weighted by Crippen LogP contribution is 2.46. The number of halogens is 2. The molecule has 0 amide bonds. The van der Waals surface area contributed by atoms with Crippen LogP contribution in [0.15, 0.2) is 16.6 Å². The molecule has 0 saturated heterocycles. The van der Waals surface area contributed by atoms with E-state index in [4.69, 9.17) is 16.3 Å². The fourth-order valence-electron chi connectivity index (χ4n) is 2.01. The summed E-state index contributed by atoms with van der Waals surface area (Å²) < 4.78 is 6.14. The maximum Gasteiger partial charge on any atom is 0.313 e. The molecule has 104 valence electrons. The van der Waals surface area contributed by atoms with E-state index in [1.807, 2.05) is 13.8 Å². The zero-order chi connectivity index (χ0) is 14.4. The van der Waals surface area contributed by atoms with E-state index in [0.717, 1.165) is 0 Å². The van der Waals surface area contributed by atoms with E-state index in [9.17, 15) is 15.2 Å². The van der Waals surface area contributed by atoms with Gasteiger partial charge in [0.2, 0.25) is 5.75 Å². The van der Waals surface area contributed by atoms with Crippen molar-refractivity contribution in [1.29, 1.82) is 0 Å². The van der Waals surface area contributed by atoms with Crippen molar-refractivity contribution in [3.05, 3.63) is 31.7 Å². The van der Waals surface area contributed by atoms with Gasteiger partial charge in [-0.2, -0.15) is 0 Å². The standard InChI is InChI=1S/C12H13BrClNO4/c1-12(2)9(16)5-10(12)19-11-7(13)3-6(14)4-8(11)15(17)18/h3-4,9-10,16H,5H2,1-2H3. The van der Waals surface area contributed by atoms with Crippen LogP contribution < -0.4 is 4.74 Å². The minimum atomic E-state index is -0.534. The van der Waals surface area contributed by atoms with Gasteiger partial charge in [-0.25, -0.2) is 0 Å². The molecular formula is C12H13BrClNO4.